The van der Waals surface area contributed by atoms with Crippen LogP contribution in [0, 0.1) is 0 Å². The Hall–Kier alpha value is -0.980. The summed E-state index contributed by atoms with van der Waals surface area (Å²) in [4.78, 5) is 4.67. The van der Waals surface area contributed by atoms with Gasteiger partial charge in [0.1, 0.15) is 10.00 Å². The molecule has 0 aliphatic carbocycles. The number of halogens is 1. The molecule has 0 aliphatic heterocycles. The van der Waals surface area contributed by atoms with Crippen molar-refractivity contribution in [3.05, 3.63) is 44.8 Å². The molecule has 6 heteroatoms. The normalized spacial score (nSPS) is 12.1. The van der Waals surface area contributed by atoms with Crippen LogP contribution in [0.15, 0.2) is 34.2 Å². The maximum atomic E-state index is 5.74. The van der Waals surface area contributed by atoms with Gasteiger partial charge in [-0.15, -0.1) is 11.3 Å². The van der Waals surface area contributed by atoms with Crippen LogP contribution in [-0.2, 0) is 0 Å². The predicted molar refractivity (Wildman–Crippen MR) is 84.2 cm³/mol. The van der Waals surface area contributed by atoms with E-state index in [-0.39, 0.29) is 6.04 Å². The van der Waals surface area contributed by atoms with E-state index in [1.165, 1.54) is 0 Å². The van der Waals surface area contributed by atoms with E-state index in [1.54, 1.807) is 17.5 Å². The molecule has 1 unspecified atom stereocenters. The highest BCUT2D eigenvalue weighted by Gasteiger charge is 2.12. The molecule has 0 spiro atoms. The van der Waals surface area contributed by atoms with E-state index < -0.39 is 0 Å². The highest BCUT2D eigenvalue weighted by Crippen LogP contribution is 2.26. The lowest BCUT2D eigenvalue weighted by Gasteiger charge is -2.16. The summed E-state index contributed by atoms with van der Waals surface area (Å²) in [7, 11) is 0. The van der Waals surface area contributed by atoms with Crippen molar-refractivity contribution in [1.82, 2.24) is 4.98 Å². The van der Waals surface area contributed by atoms with Gasteiger partial charge in [-0.05, 0) is 25.1 Å². The Bertz CT molecular complexity index is 554. The lowest BCUT2D eigenvalue weighted by molar-refractivity contribution is 0.869. The molecule has 3 N–H and O–H groups in total. The number of hydrogen-bond donors (Lipinski definition) is 2. The van der Waals surface area contributed by atoms with Crippen LogP contribution in [-0.4, -0.2) is 9.97 Å². The average Bonchev–Trinajstić information content (AvgIpc) is 2.84. The second-order valence-electron chi connectivity index (χ2n) is 3.79. The number of anilines is 1. The van der Waals surface area contributed by atoms with Gasteiger partial charge < -0.3 is 11.1 Å². The molecule has 2 rings (SSSR count). The largest absolute Gasteiger partial charge is 0.389 e. The zero-order valence-corrected chi connectivity index (χ0v) is 12.9. The quantitative estimate of drug-likeness (QED) is 0.832. The molecule has 94 valence electrons. The average molecular weight is 342 g/mol. The number of hydrogen-bond acceptors (Lipinski definition) is 4. The Morgan fingerprint density at radius 1 is 1.56 bits per heavy atom. The minimum atomic E-state index is 0.124. The summed E-state index contributed by atoms with van der Waals surface area (Å²) in [5.74, 6) is 0. The third-order valence-electron chi connectivity index (χ3n) is 2.44. The van der Waals surface area contributed by atoms with E-state index in [0.29, 0.717) is 4.99 Å². The number of nitrogens with one attached hydrogen (secondary N) is 1. The first-order valence-electron chi connectivity index (χ1n) is 5.33. The second kappa shape index (κ2) is 5.77. The van der Waals surface area contributed by atoms with Gasteiger partial charge in [-0.2, -0.15) is 0 Å². The van der Waals surface area contributed by atoms with Crippen LogP contribution in [0.5, 0.6) is 0 Å². The Morgan fingerprint density at radius 2 is 2.33 bits per heavy atom. The van der Waals surface area contributed by atoms with Gasteiger partial charge >= 0.3 is 0 Å². The molecule has 1 heterocycles. The molecule has 2 aromatic rings. The van der Waals surface area contributed by atoms with Gasteiger partial charge in [0.15, 0.2) is 0 Å². The molecule has 0 saturated carbocycles. The van der Waals surface area contributed by atoms with Gasteiger partial charge in [0.25, 0.3) is 0 Å². The van der Waals surface area contributed by atoms with E-state index in [4.69, 9.17) is 18.0 Å². The molecule has 1 atom stereocenters. The molecule has 0 saturated heterocycles. The second-order valence-corrected chi connectivity index (χ2v) is 6.07. The maximum Gasteiger partial charge on any atom is 0.115 e. The number of nitrogens with zero attached hydrogens (tertiary/aromatic N) is 1. The van der Waals surface area contributed by atoms with E-state index >= 15 is 0 Å². The zero-order valence-electron chi connectivity index (χ0n) is 9.68. The number of aromatic nitrogens is 1. The number of thiazole rings is 1. The minimum absolute atomic E-state index is 0.124. The molecule has 0 radical (unpaired) electrons. The van der Waals surface area contributed by atoms with Gasteiger partial charge in [0.2, 0.25) is 0 Å². The maximum absolute atomic E-state index is 5.74. The van der Waals surface area contributed by atoms with Crippen LogP contribution in [0.1, 0.15) is 23.5 Å². The first-order chi connectivity index (χ1) is 8.58. The van der Waals surface area contributed by atoms with E-state index in [1.807, 2.05) is 23.6 Å². The summed E-state index contributed by atoms with van der Waals surface area (Å²) in [5.41, 5.74) is 7.50. The van der Waals surface area contributed by atoms with Crippen LogP contribution in [0.3, 0.4) is 0 Å². The van der Waals surface area contributed by atoms with E-state index in [0.717, 1.165) is 20.7 Å². The number of benzene rings is 1. The molecule has 0 bridgehead atoms. The van der Waals surface area contributed by atoms with Crippen molar-refractivity contribution in [3.8, 4) is 0 Å². The van der Waals surface area contributed by atoms with Crippen LogP contribution in [0.4, 0.5) is 5.69 Å². The molecular formula is C12H12BrN3S2. The summed E-state index contributed by atoms with van der Waals surface area (Å²) < 4.78 is 0.956. The summed E-state index contributed by atoms with van der Waals surface area (Å²) in [6.07, 6.45) is 1.80. The van der Waals surface area contributed by atoms with E-state index in [2.05, 4.69) is 33.2 Å². The monoisotopic (exact) mass is 341 g/mol. The fourth-order valence-electron chi connectivity index (χ4n) is 1.59. The first kappa shape index (κ1) is 13.5. The Labute approximate surface area is 124 Å². The van der Waals surface area contributed by atoms with Crippen LogP contribution in [0.2, 0.25) is 0 Å². The molecule has 0 aliphatic rings. The van der Waals surface area contributed by atoms with Crippen molar-refractivity contribution in [1.29, 1.82) is 0 Å². The highest BCUT2D eigenvalue weighted by molar-refractivity contribution is 9.10. The SMILES string of the molecule is CC(Nc1ccc(Br)cc1C(N)=S)c1nccs1. The number of thiocarbonyl (C=S) groups is 1. The van der Waals surface area contributed by atoms with E-state index in [9.17, 15) is 0 Å². The first-order valence-corrected chi connectivity index (χ1v) is 7.41. The molecule has 1 aromatic carbocycles. The van der Waals surface area contributed by atoms with Gasteiger partial charge in [0, 0.05) is 27.3 Å². The van der Waals surface area contributed by atoms with Gasteiger partial charge in [-0.1, -0.05) is 28.1 Å². The van der Waals surface area contributed by atoms with Crippen LogP contribution in [0.25, 0.3) is 0 Å². The summed E-state index contributed by atoms with van der Waals surface area (Å²) in [5, 5.41) is 6.38. The Balaban J connectivity index is 2.26. The minimum Gasteiger partial charge on any atom is -0.389 e. The van der Waals surface area contributed by atoms with Crippen molar-refractivity contribution < 1.29 is 0 Å². The Kier molecular flexibility index (Phi) is 4.31. The van der Waals surface area contributed by atoms with Gasteiger partial charge in [-0.25, -0.2) is 4.98 Å². The third-order valence-corrected chi connectivity index (χ3v) is 4.11. The summed E-state index contributed by atoms with van der Waals surface area (Å²) in [6, 6.07) is 5.96. The van der Waals surface area contributed by atoms with Gasteiger partial charge in [0.05, 0.1) is 6.04 Å². The lowest BCUT2D eigenvalue weighted by atomic mass is 10.1. The van der Waals surface area contributed by atoms with Crippen molar-refractivity contribution in [3.63, 3.8) is 0 Å². The molecule has 3 nitrogen and oxygen atoms in total. The standard InChI is InChI=1S/C12H12BrN3S2/c1-7(12-15-4-5-18-12)16-10-3-2-8(13)6-9(10)11(14)17/h2-7,16H,1H3,(H2,14,17). The highest BCUT2D eigenvalue weighted by atomic mass is 79.9. The lowest BCUT2D eigenvalue weighted by Crippen LogP contribution is -2.15. The molecule has 18 heavy (non-hydrogen) atoms. The smallest absolute Gasteiger partial charge is 0.115 e. The topological polar surface area (TPSA) is 50.9 Å². The molecule has 0 fully saturated rings. The predicted octanol–water partition coefficient (Wildman–Crippen LogP) is 3.71. The molecule has 0 amide bonds. The van der Waals surface area contributed by atoms with Crippen LogP contribution < -0.4 is 11.1 Å². The Morgan fingerprint density at radius 3 is 2.94 bits per heavy atom. The molecule has 1 aromatic heterocycles. The third kappa shape index (κ3) is 3.07. The van der Waals surface area contributed by atoms with Crippen molar-refractivity contribution >= 4 is 50.2 Å². The van der Waals surface area contributed by atoms with Crippen molar-refractivity contribution in [2.24, 2.45) is 5.73 Å². The zero-order chi connectivity index (χ0) is 13.1. The van der Waals surface area contributed by atoms with Crippen molar-refractivity contribution in [2.45, 2.75) is 13.0 Å². The van der Waals surface area contributed by atoms with Gasteiger partial charge in [-0.3, -0.25) is 0 Å². The molecular weight excluding hydrogens is 330 g/mol. The number of rotatable bonds is 4. The summed E-state index contributed by atoms with van der Waals surface area (Å²) >= 11 is 10.1. The summed E-state index contributed by atoms with van der Waals surface area (Å²) in [6.45, 7) is 2.06. The fourth-order valence-corrected chi connectivity index (χ4v) is 2.77. The van der Waals surface area contributed by atoms with Crippen LogP contribution >= 0.6 is 39.5 Å². The number of nitrogens with two attached hydrogens (primary N) is 1. The van der Waals surface area contributed by atoms with Crippen molar-refractivity contribution in [2.75, 3.05) is 5.32 Å². The fraction of sp³-hybridized carbons (Fsp3) is 0.167.